The molecule has 2 aromatic rings. The molecule has 0 aliphatic carbocycles. The summed E-state index contributed by atoms with van der Waals surface area (Å²) in [4.78, 5) is 16.9. The highest BCUT2D eigenvalue weighted by molar-refractivity contribution is 7.89. The number of likely N-dealkylation sites (N-methyl/N-ethyl adjacent to an activating group) is 1. The quantitative estimate of drug-likeness (QED) is 0.726. The maximum absolute atomic E-state index is 13.2. The number of benzene rings is 2. The van der Waals surface area contributed by atoms with Gasteiger partial charge in [-0.15, -0.1) is 0 Å². The molecule has 1 aliphatic rings. The van der Waals surface area contributed by atoms with E-state index < -0.39 is 16.1 Å². The van der Waals surface area contributed by atoms with Gasteiger partial charge in [0.15, 0.2) is 0 Å². The number of nitrogens with zero attached hydrogens (tertiary/aromatic N) is 2. The number of carbonyl (C=O) groups excluding carboxylic acids is 1. The Kier molecular flexibility index (Phi) is 7.19. The van der Waals surface area contributed by atoms with Crippen LogP contribution >= 0.6 is 23.2 Å². The molecule has 6 nitrogen and oxygen atoms in total. The van der Waals surface area contributed by atoms with Crippen LogP contribution in [-0.4, -0.2) is 63.4 Å². The Morgan fingerprint density at radius 2 is 1.72 bits per heavy atom. The van der Waals surface area contributed by atoms with Crippen LogP contribution in [0.4, 0.5) is 0 Å². The summed E-state index contributed by atoms with van der Waals surface area (Å²) < 4.78 is 28.6. The zero-order valence-electron chi connectivity index (χ0n) is 16.0. The molecule has 0 bridgehead atoms. The van der Waals surface area contributed by atoms with Crippen molar-refractivity contribution in [3.05, 3.63) is 64.1 Å². The summed E-state index contributed by atoms with van der Waals surface area (Å²) >= 11 is 12.0. The van der Waals surface area contributed by atoms with Crippen LogP contribution in [0.1, 0.15) is 5.56 Å². The van der Waals surface area contributed by atoms with Crippen LogP contribution in [0.2, 0.25) is 10.0 Å². The highest BCUT2D eigenvalue weighted by atomic mass is 35.5. The van der Waals surface area contributed by atoms with E-state index in [1.165, 1.54) is 18.2 Å². The maximum Gasteiger partial charge on any atom is 0.242 e. The first-order chi connectivity index (χ1) is 13.8. The minimum absolute atomic E-state index is 0.0485. The normalized spacial score (nSPS) is 16.6. The maximum atomic E-state index is 13.2. The lowest BCUT2D eigenvalue weighted by Gasteiger charge is -2.34. The van der Waals surface area contributed by atoms with Crippen LogP contribution in [-0.2, 0) is 21.2 Å². The van der Waals surface area contributed by atoms with Crippen LogP contribution in [0.15, 0.2) is 53.4 Å². The molecule has 9 heteroatoms. The summed E-state index contributed by atoms with van der Waals surface area (Å²) in [6.07, 6.45) is 0.240. The van der Waals surface area contributed by atoms with Crippen LogP contribution < -0.4 is 4.72 Å². The monoisotopic (exact) mass is 455 g/mol. The number of amides is 1. The summed E-state index contributed by atoms with van der Waals surface area (Å²) in [5, 5.41) is 0.298. The van der Waals surface area contributed by atoms with E-state index >= 15 is 0 Å². The Hall–Kier alpha value is -1.64. The average molecular weight is 456 g/mol. The smallest absolute Gasteiger partial charge is 0.242 e. The molecule has 0 radical (unpaired) electrons. The van der Waals surface area contributed by atoms with Crippen LogP contribution in [0.3, 0.4) is 0 Å². The van der Waals surface area contributed by atoms with Gasteiger partial charge in [0.2, 0.25) is 15.9 Å². The van der Waals surface area contributed by atoms with Gasteiger partial charge in [0, 0.05) is 31.2 Å². The van der Waals surface area contributed by atoms with Crippen LogP contribution in [0, 0.1) is 0 Å². The molecule has 1 amide bonds. The van der Waals surface area contributed by atoms with Gasteiger partial charge in [0.25, 0.3) is 0 Å². The summed E-state index contributed by atoms with van der Waals surface area (Å²) in [5.41, 5.74) is 0.861. The van der Waals surface area contributed by atoms with Crippen molar-refractivity contribution in [2.75, 3.05) is 33.2 Å². The number of carbonyl (C=O) groups is 1. The van der Waals surface area contributed by atoms with E-state index in [9.17, 15) is 13.2 Å². The Labute approximate surface area is 181 Å². The fourth-order valence-electron chi connectivity index (χ4n) is 3.21. The molecule has 29 heavy (non-hydrogen) atoms. The predicted molar refractivity (Wildman–Crippen MR) is 115 cm³/mol. The van der Waals surface area contributed by atoms with Crippen molar-refractivity contribution in [2.24, 2.45) is 0 Å². The molecular weight excluding hydrogens is 433 g/mol. The van der Waals surface area contributed by atoms with Crippen molar-refractivity contribution in [3.63, 3.8) is 0 Å². The molecule has 0 aromatic heterocycles. The SMILES string of the molecule is CN1CCN(C(=O)C(Cc2ccccc2)NS(=O)(=O)c2cc(Cl)ccc2Cl)CC1. The number of rotatable bonds is 6. The highest BCUT2D eigenvalue weighted by Gasteiger charge is 2.31. The molecule has 3 rings (SSSR count). The van der Waals surface area contributed by atoms with Crippen molar-refractivity contribution in [3.8, 4) is 0 Å². The molecule has 1 atom stereocenters. The fourth-order valence-corrected chi connectivity index (χ4v) is 5.16. The Morgan fingerprint density at radius 3 is 2.38 bits per heavy atom. The number of sulfonamides is 1. The number of halogens is 2. The van der Waals surface area contributed by atoms with Gasteiger partial charge in [-0.05, 0) is 37.2 Å². The molecule has 156 valence electrons. The molecule has 0 saturated carbocycles. The summed E-state index contributed by atoms with van der Waals surface area (Å²) in [6.45, 7) is 2.61. The fraction of sp³-hybridized carbons (Fsp3) is 0.350. The van der Waals surface area contributed by atoms with Crippen molar-refractivity contribution in [1.29, 1.82) is 0 Å². The molecular formula is C20H23Cl2N3O3S. The van der Waals surface area contributed by atoms with Gasteiger partial charge in [-0.3, -0.25) is 4.79 Å². The Balaban J connectivity index is 1.88. The Morgan fingerprint density at radius 1 is 1.07 bits per heavy atom. The highest BCUT2D eigenvalue weighted by Crippen LogP contribution is 2.25. The van der Waals surface area contributed by atoms with E-state index in [1.54, 1.807) is 4.90 Å². The van der Waals surface area contributed by atoms with Crippen molar-refractivity contribution in [1.82, 2.24) is 14.5 Å². The predicted octanol–water partition coefficient (Wildman–Crippen LogP) is 2.66. The number of hydrogen-bond acceptors (Lipinski definition) is 4. The lowest BCUT2D eigenvalue weighted by atomic mass is 10.1. The summed E-state index contributed by atoms with van der Waals surface area (Å²) in [7, 11) is -2.06. The van der Waals surface area contributed by atoms with E-state index in [0.29, 0.717) is 13.1 Å². The summed E-state index contributed by atoms with van der Waals surface area (Å²) in [5.74, 6) is -0.247. The molecule has 1 heterocycles. The zero-order chi connectivity index (χ0) is 21.0. The topological polar surface area (TPSA) is 69.7 Å². The first-order valence-corrected chi connectivity index (χ1v) is 11.5. The first kappa shape index (κ1) is 22.1. The van der Waals surface area contributed by atoms with Gasteiger partial charge in [0.05, 0.1) is 5.02 Å². The molecule has 1 saturated heterocycles. The molecule has 0 spiro atoms. The average Bonchev–Trinajstić information content (AvgIpc) is 2.70. The largest absolute Gasteiger partial charge is 0.339 e. The third-order valence-corrected chi connectivity index (χ3v) is 7.06. The minimum Gasteiger partial charge on any atom is -0.339 e. The van der Waals surface area contributed by atoms with Gasteiger partial charge in [-0.25, -0.2) is 8.42 Å². The van der Waals surface area contributed by atoms with Gasteiger partial charge in [0.1, 0.15) is 10.9 Å². The molecule has 1 unspecified atom stereocenters. The van der Waals surface area contributed by atoms with Gasteiger partial charge < -0.3 is 9.80 Å². The van der Waals surface area contributed by atoms with E-state index in [2.05, 4.69) is 9.62 Å². The zero-order valence-corrected chi connectivity index (χ0v) is 18.3. The lowest BCUT2D eigenvalue weighted by Crippen LogP contribution is -2.54. The van der Waals surface area contributed by atoms with Crippen molar-refractivity contribution >= 4 is 39.1 Å². The lowest BCUT2D eigenvalue weighted by molar-refractivity contribution is -0.134. The standard InChI is InChI=1S/C20H23Cl2N3O3S/c1-24-9-11-25(12-10-24)20(26)18(13-15-5-3-2-4-6-15)23-29(27,28)19-14-16(21)7-8-17(19)22/h2-8,14,18,23H,9-13H2,1H3. The van der Waals surface area contributed by atoms with Crippen molar-refractivity contribution in [2.45, 2.75) is 17.4 Å². The number of hydrogen-bond donors (Lipinski definition) is 1. The van der Waals surface area contributed by atoms with E-state index in [1.807, 2.05) is 37.4 Å². The van der Waals surface area contributed by atoms with Gasteiger partial charge >= 0.3 is 0 Å². The first-order valence-electron chi connectivity index (χ1n) is 9.25. The third-order valence-electron chi connectivity index (χ3n) is 4.88. The molecule has 2 aromatic carbocycles. The minimum atomic E-state index is -4.05. The van der Waals surface area contributed by atoms with E-state index in [4.69, 9.17) is 23.2 Å². The molecule has 1 N–H and O–H groups in total. The summed E-state index contributed by atoms with van der Waals surface area (Å²) in [6, 6.07) is 12.6. The second kappa shape index (κ2) is 9.45. The van der Waals surface area contributed by atoms with E-state index in [0.717, 1.165) is 18.7 Å². The molecule has 1 fully saturated rings. The molecule has 1 aliphatic heterocycles. The van der Waals surface area contributed by atoms with Gasteiger partial charge in [-0.1, -0.05) is 53.5 Å². The third kappa shape index (κ3) is 5.71. The number of piperazine rings is 1. The second-order valence-electron chi connectivity index (χ2n) is 7.07. The van der Waals surface area contributed by atoms with Crippen molar-refractivity contribution < 1.29 is 13.2 Å². The van der Waals surface area contributed by atoms with Crippen LogP contribution in [0.25, 0.3) is 0 Å². The Bertz CT molecular complexity index is 962. The van der Waals surface area contributed by atoms with Gasteiger partial charge in [-0.2, -0.15) is 4.72 Å². The number of nitrogens with one attached hydrogen (secondary N) is 1. The van der Waals surface area contributed by atoms with E-state index in [-0.39, 0.29) is 27.3 Å². The van der Waals surface area contributed by atoms with Crippen LogP contribution in [0.5, 0.6) is 0 Å². The second-order valence-corrected chi connectivity index (χ2v) is 9.59.